The van der Waals surface area contributed by atoms with Gasteiger partial charge < -0.3 is 25.0 Å². The zero-order valence-corrected chi connectivity index (χ0v) is 18.5. The van der Waals surface area contributed by atoms with Gasteiger partial charge in [0.2, 0.25) is 0 Å². The minimum absolute atomic E-state index is 0. The first-order valence-corrected chi connectivity index (χ1v) is 9.01. The van der Waals surface area contributed by atoms with Gasteiger partial charge in [-0.2, -0.15) is 0 Å². The summed E-state index contributed by atoms with van der Waals surface area (Å²) in [5.74, 6) is 1.67. The quantitative estimate of drug-likeness (QED) is 0.236. The highest BCUT2D eigenvalue weighted by Crippen LogP contribution is 2.25. The molecule has 0 spiro atoms. The molecule has 1 aliphatic heterocycles. The summed E-state index contributed by atoms with van der Waals surface area (Å²) in [7, 11) is 3.46. The Bertz CT molecular complexity index is 550. The number of anilines is 1. The molecule has 1 unspecified atom stereocenters. The van der Waals surface area contributed by atoms with Crippen molar-refractivity contribution in [2.24, 2.45) is 4.99 Å². The molecule has 0 amide bonds. The maximum Gasteiger partial charge on any atom is 0.191 e. The van der Waals surface area contributed by atoms with E-state index in [0.29, 0.717) is 30.9 Å². The number of hydrogen-bond acceptors (Lipinski definition) is 5. The standard InChI is InChI=1S/C17H28ClN5O2.HI/c1-19-17(21-8-4-10-25-12-11-24-2)22-14-6-9-23(13-14)16-15(18)5-3-7-20-16;/h3,5,7,14H,4,6,8-13H2,1-2H3,(H2,19,21,22);1H. The van der Waals surface area contributed by atoms with E-state index in [0.717, 1.165) is 44.3 Å². The second kappa shape index (κ2) is 13.3. The summed E-state index contributed by atoms with van der Waals surface area (Å²) in [4.78, 5) is 10.9. The van der Waals surface area contributed by atoms with Crippen molar-refractivity contribution in [1.29, 1.82) is 0 Å². The maximum absolute atomic E-state index is 6.23. The number of pyridine rings is 1. The van der Waals surface area contributed by atoms with Crippen LogP contribution in [0.25, 0.3) is 0 Å². The smallest absolute Gasteiger partial charge is 0.191 e. The van der Waals surface area contributed by atoms with Crippen LogP contribution in [0.5, 0.6) is 0 Å². The Kier molecular flexibility index (Phi) is 11.9. The van der Waals surface area contributed by atoms with Crippen LogP contribution in [0.15, 0.2) is 23.3 Å². The van der Waals surface area contributed by atoms with Crippen molar-refractivity contribution in [2.75, 3.05) is 58.5 Å². The number of nitrogens with one attached hydrogen (secondary N) is 2. The Morgan fingerprint density at radius 1 is 1.42 bits per heavy atom. The lowest BCUT2D eigenvalue weighted by Gasteiger charge is -2.20. The van der Waals surface area contributed by atoms with Crippen LogP contribution in [0.2, 0.25) is 5.02 Å². The third-order valence-electron chi connectivity index (χ3n) is 3.98. The zero-order valence-electron chi connectivity index (χ0n) is 15.4. The van der Waals surface area contributed by atoms with E-state index >= 15 is 0 Å². The Labute approximate surface area is 177 Å². The zero-order chi connectivity index (χ0) is 17.9. The van der Waals surface area contributed by atoms with E-state index in [2.05, 4.69) is 25.5 Å². The number of ether oxygens (including phenoxy) is 2. The summed E-state index contributed by atoms with van der Waals surface area (Å²) in [5.41, 5.74) is 0. The molecule has 0 saturated carbocycles. The Balaban J connectivity index is 0.00000338. The molecule has 1 aromatic rings. The van der Waals surface area contributed by atoms with Crippen molar-refractivity contribution in [3.63, 3.8) is 0 Å². The highest BCUT2D eigenvalue weighted by molar-refractivity contribution is 14.0. The van der Waals surface area contributed by atoms with Crippen molar-refractivity contribution in [3.8, 4) is 0 Å². The lowest BCUT2D eigenvalue weighted by Crippen LogP contribution is -2.45. The van der Waals surface area contributed by atoms with Crippen molar-refractivity contribution in [3.05, 3.63) is 23.4 Å². The number of guanidine groups is 1. The monoisotopic (exact) mass is 497 g/mol. The molecular weight excluding hydrogens is 469 g/mol. The molecule has 7 nitrogen and oxygen atoms in total. The van der Waals surface area contributed by atoms with Gasteiger partial charge in [-0.25, -0.2) is 4.98 Å². The molecule has 26 heavy (non-hydrogen) atoms. The third-order valence-corrected chi connectivity index (χ3v) is 4.28. The predicted molar refractivity (Wildman–Crippen MR) is 117 cm³/mol. The topological polar surface area (TPSA) is 71.0 Å². The van der Waals surface area contributed by atoms with Gasteiger partial charge in [-0.1, -0.05) is 11.6 Å². The first kappa shape index (κ1) is 23.2. The first-order valence-electron chi connectivity index (χ1n) is 8.64. The van der Waals surface area contributed by atoms with Gasteiger partial charge in [0.25, 0.3) is 0 Å². The average Bonchev–Trinajstić information content (AvgIpc) is 3.08. The lowest BCUT2D eigenvalue weighted by molar-refractivity contribution is 0.0698. The molecule has 1 atom stereocenters. The largest absolute Gasteiger partial charge is 0.382 e. The molecule has 9 heteroatoms. The number of rotatable bonds is 9. The summed E-state index contributed by atoms with van der Waals surface area (Å²) in [6.07, 6.45) is 3.72. The van der Waals surface area contributed by atoms with Crippen LogP contribution in [-0.4, -0.2) is 70.6 Å². The summed E-state index contributed by atoms with van der Waals surface area (Å²) in [6, 6.07) is 4.05. The van der Waals surface area contributed by atoms with E-state index in [-0.39, 0.29) is 24.0 Å². The second-order valence-electron chi connectivity index (χ2n) is 5.84. The van der Waals surface area contributed by atoms with E-state index in [4.69, 9.17) is 21.1 Å². The minimum atomic E-state index is 0. The van der Waals surface area contributed by atoms with Crippen LogP contribution in [-0.2, 0) is 9.47 Å². The molecule has 1 aliphatic rings. The highest BCUT2D eigenvalue weighted by Gasteiger charge is 2.25. The van der Waals surface area contributed by atoms with Gasteiger partial charge in [0.1, 0.15) is 5.82 Å². The minimum Gasteiger partial charge on any atom is -0.382 e. The van der Waals surface area contributed by atoms with Crippen molar-refractivity contribution in [2.45, 2.75) is 18.9 Å². The van der Waals surface area contributed by atoms with Gasteiger partial charge in [0.15, 0.2) is 5.96 Å². The highest BCUT2D eigenvalue weighted by atomic mass is 127. The second-order valence-corrected chi connectivity index (χ2v) is 6.25. The van der Waals surface area contributed by atoms with Crippen LogP contribution in [0.1, 0.15) is 12.8 Å². The fourth-order valence-corrected chi connectivity index (χ4v) is 2.93. The molecule has 0 radical (unpaired) electrons. The Morgan fingerprint density at radius 3 is 3.00 bits per heavy atom. The van der Waals surface area contributed by atoms with Gasteiger partial charge in [0.05, 0.1) is 18.2 Å². The summed E-state index contributed by atoms with van der Waals surface area (Å²) in [5, 5.41) is 7.48. The third kappa shape index (κ3) is 7.81. The molecule has 0 bridgehead atoms. The van der Waals surface area contributed by atoms with Crippen molar-refractivity contribution < 1.29 is 9.47 Å². The molecule has 0 aliphatic carbocycles. The van der Waals surface area contributed by atoms with Gasteiger partial charge in [-0.15, -0.1) is 24.0 Å². The predicted octanol–water partition coefficient (Wildman–Crippen LogP) is 2.15. The summed E-state index contributed by atoms with van der Waals surface area (Å²) in [6.45, 7) is 4.58. The van der Waals surface area contributed by atoms with E-state index in [1.807, 2.05) is 12.1 Å². The van der Waals surface area contributed by atoms with Crippen molar-refractivity contribution >= 4 is 47.4 Å². The first-order chi connectivity index (χ1) is 12.2. The normalized spacial score (nSPS) is 17.1. The molecule has 1 fully saturated rings. The molecule has 148 valence electrons. The number of aromatic nitrogens is 1. The fourth-order valence-electron chi connectivity index (χ4n) is 2.69. The number of methoxy groups -OCH3 is 1. The molecule has 0 aromatic carbocycles. The average molecular weight is 498 g/mol. The number of halogens is 2. The van der Waals surface area contributed by atoms with Crippen LogP contribution in [0, 0.1) is 0 Å². The lowest BCUT2D eigenvalue weighted by atomic mass is 10.3. The summed E-state index contributed by atoms with van der Waals surface area (Å²) < 4.78 is 10.4. The van der Waals surface area contributed by atoms with Gasteiger partial charge in [0, 0.05) is 52.6 Å². The fraction of sp³-hybridized carbons (Fsp3) is 0.647. The number of aliphatic imine (C=N–C) groups is 1. The van der Waals surface area contributed by atoms with Gasteiger partial charge in [-0.3, -0.25) is 4.99 Å². The molecule has 2 heterocycles. The van der Waals surface area contributed by atoms with E-state index in [1.165, 1.54) is 0 Å². The SMILES string of the molecule is CN=C(NCCCOCCOC)NC1CCN(c2ncccc2Cl)C1.I. The van der Waals surface area contributed by atoms with Crippen LogP contribution in [0.3, 0.4) is 0 Å². The van der Waals surface area contributed by atoms with E-state index < -0.39 is 0 Å². The number of nitrogens with zero attached hydrogens (tertiary/aromatic N) is 3. The Hall–Kier alpha value is -0.840. The van der Waals surface area contributed by atoms with Gasteiger partial charge in [-0.05, 0) is 25.0 Å². The Morgan fingerprint density at radius 2 is 2.27 bits per heavy atom. The molecule has 1 aromatic heterocycles. The maximum atomic E-state index is 6.23. The molecule has 2 N–H and O–H groups in total. The van der Waals surface area contributed by atoms with Crippen molar-refractivity contribution in [1.82, 2.24) is 15.6 Å². The molecule has 2 rings (SSSR count). The van der Waals surface area contributed by atoms with E-state index in [1.54, 1.807) is 20.4 Å². The van der Waals surface area contributed by atoms with Crippen LogP contribution >= 0.6 is 35.6 Å². The molecule has 1 saturated heterocycles. The molecular formula is C17H29ClIN5O2. The van der Waals surface area contributed by atoms with E-state index in [9.17, 15) is 0 Å². The number of hydrogen-bond donors (Lipinski definition) is 2. The van der Waals surface area contributed by atoms with Crippen LogP contribution in [0.4, 0.5) is 5.82 Å². The summed E-state index contributed by atoms with van der Waals surface area (Å²) >= 11 is 6.23. The van der Waals surface area contributed by atoms with Gasteiger partial charge >= 0.3 is 0 Å². The van der Waals surface area contributed by atoms with Crippen LogP contribution < -0.4 is 15.5 Å².